The summed E-state index contributed by atoms with van der Waals surface area (Å²) >= 11 is 3.45. The van der Waals surface area contributed by atoms with Gasteiger partial charge in [-0.05, 0) is 30.7 Å². The van der Waals surface area contributed by atoms with Gasteiger partial charge in [0, 0.05) is 11.0 Å². The Morgan fingerprint density at radius 1 is 1.43 bits per heavy atom. The largest absolute Gasteiger partial charge is 0.313 e. The van der Waals surface area contributed by atoms with Crippen molar-refractivity contribution in [3.05, 3.63) is 40.4 Å². The van der Waals surface area contributed by atoms with Gasteiger partial charge >= 0.3 is 0 Å². The number of halogens is 1. The summed E-state index contributed by atoms with van der Waals surface area (Å²) in [7, 11) is 0. The van der Waals surface area contributed by atoms with Crippen LogP contribution in [0.15, 0.2) is 34.8 Å². The Balaban J connectivity index is 2.36. The Morgan fingerprint density at radius 2 is 2.29 bits per heavy atom. The summed E-state index contributed by atoms with van der Waals surface area (Å²) in [5, 5.41) is 3.32. The van der Waals surface area contributed by atoms with Crippen molar-refractivity contribution in [1.82, 2.24) is 5.32 Å². The van der Waals surface area contributed by atoms with Crippen molar-refractivity contribution in [3.63, 3.8) is 0 Å². The molecule has 0 saturated heterocycles. The molecule has 0 spiro atoms. The van der Waals surface area contributed by atoms with Crippen LogP contribution in [0.1, 0.15) is 18.9 Å². The Morgan fingerprint density at radius 3 is 3.00 bits per heavy atom. The van der Waals surface area contributed by atoms with Crippen LogP contribution in [0.25, 0.3) is 6.08 Å². The highest BCUT2D eigenvalue weighted by atomic mass is 79.9. The zero-order valence-electron chi connectivity index (χ0n) is 8.46. The lowest BCUT2D eigenvalue weighted by atomic mass is 10.2. The zero-order valence-corrected chi connectivity index (χ0v) is 10.0. The molecule has 0 radical (unpaired) electrons. The Kier molecular flexibility index (Phi) is 5.57. The van der Waals surface area contributed by atoms with Crippen LogP contribution in [-0.4, -0.2) is 13.1 Å². The summed E-state index contributed by atoms with van der Waals surface area (Å²) in [6, 6.07) is 8.29. The molecular weight excluding hydrogens is 238 g/mol. The van der Waals surface area contributed by atoms with Crippen LogP contribution in [0, 0.1) is 0 Å². The van der Waals surface area contributed by atoms with Crippen molar-refractivity contribution in [2.75, 3.05) is 13.1 Å². The van der Waals surface area contributed by atoms with Crippen LogP contribution >= 0.6 is 15.9 Å². The first-order valence-electron chi connectivity index (χ1n) is 4.95. The van der Waals surface area contributed by atoms with E-state index >= 15 is 0 Å². The highest BCUT2D eigenvalue weighted by Gasteiger charge is 1.87. The van der Waals surface area contributed by atoms with E-state index in [0.717, 1.165) is 17.6 Å². The molecule has 14 heavy (non-hydrogen) atoms. The summed E-state index contributed by atoms with van der Waals surface area (Å²) in [5.74, 6) is 0. The van der Waals surface area contributed by atoms with E-state index in [0.29, 0.717) is 0 Å². The topological polar surface area (TPSA) is 12.0 Å². The lowest BCUT2D eigenvalue weighted by Crippen LogP contribution is -2.13. The Hall–Kier alpha value is -0.600. The first kappa shape index (κ1) is 11.5. The fourth-order valence-electron chi connectivity index (χ4n) is 1.17. The predicted molar refractivity (Wildman–Crippen MR) is 66.3 cm³/mol. The van der Waals surface area contributed by atoms with E-state index in [4.69, 9.17) is 0 Å². The molecule has 0 unspecified atom stereocenters. The minimum Gasteiger partial charge on any atom is -0.313 e. The molecule has 0 aromatic heterocycles. The summed E-state index contributed by atoms with van der Waals surface area (Å²) in [6.07, 6.45) is 5.47. The molecular formula is C12H16BrN. The van der Waals surface area contributed by atoms with Crippen molar-refractivity contribution in [3.8, 4) is 0 Å². The van der Waals surface area contributed by atoms with Crippen LogP contribution in [0.4, 0.5) is 0 Å². The van der Waals surface area contributed by atoms with Crippen LogP contribution in [0.2, 0.25) is 0 Å². The van der Waals surface area contributed by atoms with Crippen LogP contribution in [-0.2, 0) is 0 Å². The summed E-state index contributed by atoms with van der Waals surface area (Å²) in [5.41, 5.74) is 1.23. The monoisotopic (exact) mass is 253 g/mol. The number of benzene rings is 1. The molecule has 0 heterocycles. The molecule has 1 rings (SSSR count). The molecule has 2 heteroatoms. The average Bonchev–Trinajstić information content (AvgIpc) is 2.18. The van der Waals surface area contributed by atoms with Gasteiger partial charge in [-0.1, -0.05) is 47.1 Å². The van der Waals surface area contributed by atoms with Crippen molar-refractivity contribution < 1.29 is 0 Å². The fraction of sp³-hybridized carbons (Fsp3) is 0.333. The average molecular weight is 254 g/mol. The van der Waals surface area contributed by atoms with Crippen LogP contribution in [0.3, 0.4) is 0 Å². The number of hydrogen-bond donors (Lipinski definition) is 1. The second-order valence-corrected chi connectivity index (χ2v) is 4.08. The Labute approximate surface area is 94.3 Å². The van der Waals surface area contributed by atoms with Gasteiger partial charge in [0.2, 0.25) is 0 Å². The summed E-state index contributed by atoms with van der Waals surface area (Å²) < 4.78 is 1.13. The smallest absolute Gasteiger partial charge is 0.0181 e. The molecule has 0 bridgehead atoms. The van der Waals surface area contributed by atoms with Crippen molar-refractivity contribution >= 4 is 22.0 Å². The van der Waals surface area contributed by atoms with E-state index in [1.54, 1.807) is 0 Å². The maximum atomic E-state index is 3.45. The number of rotatable bonds is 5. The molecule has 1 nitrogen and oxygen atoms in total. The lowest BCUT2D eigenvalue weighted by molar-refractivity contribution is 0.730. The third-order valence-corrected chi connectivity index (χ3v) is 2.34. The SMILES string of the molecule is CCCNCC=Cc1cccc(Br)c1. The fourth-order valence-corrected chi connectivity index (χ4v) is 1.58. The molecule has 1 N–H and O–H groups in total. The normalized spacial score (nSPS) is 11.0. The number of hydrogen-bond acceptors (Lipinski definition) is 1. The highest BCUT2D eigenvalue weighted by Crippen LogP contribution is 2.12. The van der Waals surface area contributed by atoms with Crippen molar-refractivity contribution in [2.45, 2.75) is 13.3 Å². The van der Waals surface area contributed by atoms with Gasteiger partial charge in [0.25, 0.3) is 0 Å². The molecule has 76 valence electrons. The highest BCUT2D eigenvalue weighted by molar-refractivity contribution is 9.10. The molecule has 0 amide bonds. The maximum absolute atomic E-state index is 3.45. The van der Waals surface area contributed by atoms with Crippen molar-refractivity contribution in [2.24, 2.45) is 0 Å². The minimum atomic E-state index is 0.945. The quantitative estimate of drug-likeness (QED) is 0.793. The van der Waals surface area contributed by atoms with Crippen LogP contribution < -0.4 is 5.32 Å². The Bertz CT molecular complexity index is 294. The van der Waals surface area contributed by atoms with Gasteiger partial charge in [0.05, 0.1) is 0 Å². The molecule has 0 aliphatic rings. The van der Waals surface area contributed by atoms with Gasteiger partial charge in [-0.3, -0.25) is 0 Å². The van der Waals surface area contributed by atoms with E-state index < -0.39 is 0 Å². The third kappa shape index (κ3) is 4.58. The summed E-state index contributed by atoms with van der Waals surface area (Å²) in [4.78, 5) is 0. The molecule has 0 fully saturated rings. The second-order valence-electron chi connectivity index (χ2n) is 3.16. The van der Waals surface area contributed by atoms with E-state index in [9.17, 15) is 0 Å². The molecule has 1 aromatic carbocycles. The minimum absolute atomic E-state index is 0.945. The van der Waals surface area contributed by atoms with Gasteiger partial charge < -0.3 is 5.32 Å². The summed E-state index contributed by atoms with van der Waals surface area (Å²) in [6.45, 7) is 4.20. The molecule has 0 saturated carbocycles. The van der Waals surface area contributed by atoms with Crippen molar-refractivity contribution in [1.29, 1.82) is 0 Å². The van der Waals surface area contributed by atoms with E-state index in [1.165, 1.54) is 12.0 Å². The lowest BCUT2D eigenvalue weighted by Gasteiger charge is -1.97. The predicted octanol–water partition coefficient (Wildman–Crippen LogP) is 3.46. The number of nitrogens with one attached hydrogen (secondary N) is 1. The first-order valence-corrected chi connectivity index (χ1v) is 5.75. The third-order valence-electron chi connectivity index (χ3n) is 1.85. The first-order chi connectivity index (χ1) is 6.83. The standard InChI is InChI=1S/C12H16BrN/c1-2-8-14-9-4-6-11-5-3-7-12(13)10-11/h3-7,10,14H,2,8-9H2,1H3. The van der Waals surface area contributed by atoms with Gasteiger partial charge in [-0.25, -0.2) is 0 Å². The van der Waals surface area contributed by atoms with E-state index in [2.05, 4.69) is 52.5 Å². The van der Waals surface area contributed by atoms with Gasteiger partial charge in [0.15, 0.2) is 0 Å². The van der Waals surface area contributed by atoms with Gasteiger partial charge in [-0.2, -0.15) is 0 Å². The molecule has 0 atom stereocenters. The maximum Gasteiger partial charge on any atom is 0.0181 e. The molecule has 1 aromatic rings. The van der Waals surface area contributed by atoms with Gasteiger partial charge in [0.1, 0.15) is 0 Å². The van der Waals surface area contributed by atoms with Gasteiger partial charge in [-0.15, -0.1) is 0 Å². The zero-order chi connectivity index (χ0) is 10.2. The molecule has 0 aliphatic heterocycles. The molecule has 0 aliphatic carbocycles. The van der Waals surface area contributed by atoms with Crippen LogP contribution in [0.5, 0.6) is 0 Å². The van der Waals surface area contributed by atoms with E-state index in [-0.39, 0.29) is 0 Å². The second kappa shape index (κ2) is 6.80. The van der Waals surface area contributed by atoms with E-state index in [1.807, 2.05) is 12.1 Å².